The molecular weight excluding hydrogens is 365 g/mol. The monoisotopic (exact) mass is 391 g/mol. The van der Waals surface area contributed by atoms with E-state index in [1.165, 1.54) is 25.7 Å². The number of guanidine groups is 1. The van der Waals surface area contributed by atoms with Crippen LogP contribution in [0.25, 0.3) is 0 Å². The zero-order valence-electron chi connectivity index (χ0n) is 12.4. The molecule has 1 aromatic rings. The Bertz CT molecular complexity index is 394. The molecule has 0 atom stereocenters. The van der Waals surface area contributed by atoms with Crippen LogP contribution >= 0.6 is 24.0 Å². The van der Waals surface area contributed by atoms with Gasteiger partial charge in [-0.25, -0.2) is 4.99 Å². The van der Waals surface area contributed by atoms with Crippen LogP contribution in [0.4, 0.5) is 0 Å². The van der Waals surface area contributed by atoms with Crippen LogP contribution in [0.15, 0.2) is 27.8 Å². The number of hydrogen-bond acceptors (Lipinski definition) is 2. The molecule has 2 rings (SSSR count). The molecule has 0 aromatic carbocycles. The Morgan fingerprint density at radius 3 is 2.65 bits per heavy atom. The Labute approximate surface area is 138 Å². The lowest BCUT2D eigenvalue weighted by Crippen LogP contribution is -2.46. The van der Waals surface area contributed by atoms with Crippen LogP contribution < -0.4 is 10.6 Å². The maximum absolute atomic E-state index is 5.30. The third-order valence-electron chi connectivity index (χ3n) is 4.11. The van der Waals surface area contributed by atoms with Gasteiger partial charge in [-0.3, -0.25) is 0 Å². The first-order valence-corrected chi connectivity index (χ1v) is 7.32. The molecular formula is C15H26IN3O. The summed E-state index contributed by atoms with van der Waals surface area (Å²) in [7, 11) is 0. The van der Waals surface area contributed by atoms with Crippen LogP contribution in [0.3, 0.4) is 0 Å². The van der Waals surface area contributed by atoms with Gasteiger partial charge >= 0.3 is 0 Å². The van der Waals surface area contributed by atoms with E-state index in [9.17, 15) is 0 Å². The SMILES string of the molecule is CCNC(=NCc1ccco1)NCC1(CC)CCC1.I. The van der Waals surface area contributed by atoms with Gasteiger partial charge in [0.15, 0.2) is 5.96 Å². The van der Waals surface area contributed by atoms with Crippen molar-refractivity contribution in [2.45, 2.75) is 46.1 Å². The Hall–Kier alpha value is -0.720. The van der Waals surface area contributed by atoms with Crippen LogP contribution in [0, 0.1) is 5.41 Å². The summed E-state index contributed by atoms with van der Waals surface area (Å²) in [6.45, 7) is 6.86. The second kappa shape index (κ2) is 8.54. The average Bonchev–Trinajstić information content (AvgIpc) is 2.88. The van der Waals surface area contributed by atoms with Gasteiger partial charge in [0.25, 0.3) is 0 Å². The van der Waals surface area contributed by atoms with Crippen molar-refractivity contribution in [3.05, 3.63) is 24.2 Å². The quantitative estimate of drug-likeness (QED) is 0.443. The van der Waals surface area contributed by atoms with Gasteiger partial charge in [0.2, 0.25) is 0 Å². The molecule has 0 saturated heterocycles. The van der Waals surface area contributed by atoms with Crippen molar-refractivity contribution in [3.8, 4) is 0 Å². The van der Waals surface area contributed by atoms with Gasteiger partial charge in [-0.15, -0.1) is 24.0 Å². The summed E-state index contributed by atoms with van der Waals surface area (Å²) >= 11 is 0. The molecule has 0 bridgehead atoms. The predicted molar refractivity (Wildman–Crippen MR) is 93.5 cm³/mol. The zero-order valence-corrected chi connectivity index (χ0v) is 14.8. The van der Waals surface area contributed by atoms with Gasteiger partial charge in [-0.1, -0.05) is 13.3 Å². The number of aliphatic imine (C=N–C) groups is 1. The number of halogens is 1. The van der Waals surface area contributed by atoms with Gasteiger partial charge in [0.05, 0.1) is 6.26 Å². The molecule has 0 aliphatic heterocycles. The highest BCUT2D eigenvalue weighted by molar-refractivity contribution is 14.0. The summed E-state index contributed by atoms with van der Waals surface area (Å²) < 4.78 is 5.30. The van der Waals surface area contributed by atoms with Crippen LogP contribution in [0.5, 0.6) is 0 Å². The first-order valence-electron chi connectivity index (χ1n) is 7.32. The molecule has 1 fully saturated rings. The third kappa shape index (κ3) is 4.68. The summed E-state index contributed by atoms with van der Waals surface area (Å²) in [5.41, 5.74) is 0.501. The molecule has 1 aliphatic carbocycles. The summed E-state index contributed by atoms with van der Waals surface area (Å²) in [5.74, 6) is 1.78. The molecule has 1 heterocycles. The molecule has 4 nitrogen and oxygen atoms in total. The normalized spacial score (nSPS) is 17.0. The van der Waals surface area contributed by atoms with E-state index in [0.717, 1.165) is 24.8 Å². The molecule has 1 saturated carbocycles. The van der Waals surface area contributed by atoms with Crippen LogP contribution in [-0.4, -0.2) is 19.0 Å². The second-order valence-electron chi connectivity index (χ2n) is 5.34. The van der Waals surface area contributed by atoms with E-state index >= 15 is 0 Å². The summed E-state index contributed by atoms with van der Waals surface area (Å²) in [4.78, 5) is 4.55. The fourth-order valence-electron chi connectivity index (χ4n) is 2.50. The zero-order chi connectivity index (χ0) is 13.6. The van der Waals surface area contributed by atoms with E-state index in [0.29, 0.717) is 12.0 Å². The topological polar surface area (TPSA) is 49.6 Å². The lowest BCUT2D eigenvalue weighted by molar-refractivity contribution is 0.131. The Morgan fingerprint density at radius 1 is 1.35 bits per heavy atom. The molecule has 0 unspecified atom stereocenters. The van der Waals surface area contributed by atoms with Crippen molar-refractivity contribution in [2.75, 3.05) is 13.1 Å². The van der Waals surface area contributed by atoms with Crippen molar-refractivity contribution in [1.29, 1.82) is 0 Å². The summed E-state index contributed by atoms with van der Waals surface area (Å²) in [6.07, 6.45) is 6.99. The first-order chi connectivity index (χ1) is 9.28. The average molecular weight is 391 g/mol. The molecule has 2 N–H and O–H groups in total. The maximum atomic E-state index is 5.30. The summed E-state index contributed by atoms with van der Waals surface area (Å²) in [5, 5.41) is 6.76. The van der Waals surface area contributed by atoms with E-state index in [1.807, 2.05) is 12.1 Å². The predicted octanol–water partition coefficient (Wildman–Crippen LogP) is 3.53. The molecule has 0 spiro atoms. The minimum atomic E-state index is 0. The Balaban J connectivity index is 0.00000200. The molecule has 5 heteroatoms. The van der Waals surface area contributed by atoms with E-state index in [4.69, 9.17) is 4.42 Å². The Kier molecular flexibility index (Phi) is 7.40. The highest BCUT2D eigenvalue weighted by Gasteiger charge is 2.34. The largest absolute Gasteiger partial charge is 0.467 e. The van der Waals surface area contributed by atoms with E-state index < -0.39 is 0 Å². The molecule has 20 heavy (non-hydrogen) atoms. The van der Waals surface area contributed by atoms with Crippen LogP contribution in [0.2, 0.25) is 0 Å². The minimum absolute atomic E-state index is 0. The van der Waals surface area contributed by atoms with Crippen molar-refractivity contribution < 1.29 is 4.42 Å². The molecule has 0 amide bonds. The van der Waals surface area contributed by atoms with Gasteiger partial charge < -0.3 is 15.1 Å². The number of rotatable bonds is 6. The van der Waals surface area contributed by atoms with Gasteiger partial charge in [0, 0.05) is 13.1 Å². The third-order valence-corrected chi connectivity index (χ3v) is 4.11. The number of hydrogen-bond donors (Lipinski definition) is 2. The van der Waals surface area contributed by atoms with E-state index in [-0.39, 0.29) is 24.0 Å². The van der Waals surface area contributed by atoms with E-state index in [1.54, 1.807) is 6.26 Å². The molecule has 114 valence electrons. The number of nitrogens with one attached hydrogen (secondary N) is 2. The Morgan fingerprint density at radius 2 is 2.15 bits per heavy atom. The van der Waals surface area contributed by atoms with Crippen LogP contribution in [-0.2, 0) is 6.54 Å². The fraction of sp³-hybridized carbons (Fsp3) is 0.667. The molecule has 1 aliphatic rings. The fourth-order valence-corrected chi connectivity index (χ4v) is 2.50. The highest BCUT2D eigenvalue weighted by Crippen LogP contribution is 2.42. The second-order valence-corrected chi connectivity index (χ2v) is 5.34. The minimum Gasteiger partial charge on any atom is -0.467 e. The number of nitrogens with zero attached hydrogens (tertiary/aromatic N) is 1. The molecule has 1 aromatic heterocycles. The van der Waals surface area contributed by atoms with Crippen molar-refractivity contribution >= 4 is 29.9 Å². The van der Waals surface area contributed by atoms with Crippen molar-refractivity contribution in [2.24, 2.45) is 10.4 Å². The lowest BCUT2D eigenvalue weighted by atomic mass is 9.67. The highest BCUT2D eigenvalue weighted by atomic mass is 127. The van der Waals surface area contributed by atoms with Crippen molar-refractivity contribution in [3.63, 3.8) is 0 Å². The lowest BCUT2D eigenvalue weighted by Gasteiger charge is -2.41. The molecule has 0 radical (unpaired) electrons. The number of furan rings is 1. The standard InChI is InChI=1S/C15H25N3O.HI/c1-3-15(8-6-9-15)12-18-14(16-4-2)17-11-13-7-5-10-19-13;/h5,7,10H,3-4,6,8-9,11-12H2,1-2H3,(H2,16,17,18);1H. The van der Waals surface area contributed by atoms with Crippen molar-refractivity contribution in [1.82, 2.24) is 10.6 Å². The maximum Gasteiger partial charge on any atom is 0.191 e. The smallest absolute Gasteiger partial charge is 0.191 e. The van der Waals surface area contributed by atoms with E-state index in [2.05, 4.69) is 29.5 Å². The first kappa shape index (κ1) is 17.3. The van der Waals surface area contributed by atoms with Gasteiger partial charge in [-0.2, -0.15) is 0 Å². The van der Waals surface area contributed by atoms with Gasteiger partial charge in [0.1, 0.15) is 12.3 Å². The summed E-state index contributed by atoms with van der Waals surface area (Å²) in [6, 6.07) is 3.85. The van der Waals surface area contributed by atoms with Gasteiger partial charge in [-0.05, 0) is 43.7 Å². The van der Waals surface area contributed by atoms with Crippen LogP contribution in [0.1, 0.15) is 45.3 Å².